The van der Waals surface area contributed by atoms with Crippen molar-refractivity contribution in [3.05, 3.63) is 71.3 Å². The zero-order valence-corrected chi connectivity index (χ0v) is 11.9. The number of rotatable bonds is 5. The number of carbonyl (C=O) groups excluding carboxylic acids is 2. The molecule has 0 saturated carbocycles. The summed E-state index contributed by atoms with van der Waals surface area (Å²) in [5, 5.41) is 0. The predicted octanol–water partition coefficient (Wildman–Crippen LogP) is 3.40. The van der Waals surface area contributed by atoms with Crippen molar-refractivity contribution in [3.63, 3.8) is 0 Å². The van der Waals surface area contributed by atoms with Crippen LogP contribution in [0.4, 0.5) is 0 Å². The van der Waals surface area contributed by atoms with E-state index in [0.717, 1.165) is 5.56 Å². The van der Waals surface area contributed by atoms with Crippen LogP contribution in [0.2, 0.25) is 0 Å². The molecule has 2 aromatic rings. The summed E-state index contributed by atoms with van der Waals surface area (Å²) in [6.45, 7) is 0.204. The highest BCUT2D eigenvalue weighted by Gasteiger charge is 2.10. The van der Waals surface area contributed by atoms with E-state index in [1.807, 2.05) is 30.3 Å². The SMILES string of the molecule is O=C(OCCl)c1ccc(C(=O)OCc2ccccc2)cc1. The van der Waals surface area contributed by atoms with E-state index in [2.05, 4.69) is 4.74 Å². The Bertz CT molecular complexity index is 608. The van der Waals surface area contributed by atoms with Gasteiger partial charge in [-0.2, -0.15) is 0 Å². The molecule has 2 aromatic carbocycles. The average Bonchev–Trinajstić information content (AvgIpc) is 2.54. The van der Waals surface area contributed by atoms with E-state index >= 15 is 0 Å². The molecule has 0 unspecified atom stereocenters. The normalized spacial score (nSPS) is 9.95. The van der Waals surface area contributed by atoms with Gasteiger partial charge >= 0.3 is 11.9 Å². The van der Waals surface area contributed by atoms with E-state index < -0.39 is 11.9 Å². The van der Waals surface area contributed by atoms with E-state index in [4.69, 9.17) is 16.3 Å². The molecule has 0 radical (unpaired) electrons. The fraction of sp³-hybridized carbons (Fsp3) is 0.125. The molecular formula is C16H13ClO4. The van der Waals surface area contributed by atoms with Crippen molar-refractivity contribution >= 4 is 23.5 Å². The molecule has 0 aliphatic carbocycles. The molecule has 108 valence electrons. The number of benzene rings is 2. The van der Waals surface area contributed by atoms with Gasteiger partial charge in [0.25, 0.3) is 0 Å². The molecule has 0 amide bonds. The first-order valence-electron chi connectivity index (χ1n) is 6.25. The molecule has 0 bridgehead atoms. The fourth-order valence-electron chi connectivity index (χ4n) is 1.68. The first-order valence-corrected chi connectivity index (χ1v) is 6.78. The number of carbonyl (C=O) groups is 2. The molecule has 5 heteroatoms. The maximum Gasteiger partial charge on any atom is 0.339 e. The molecule has 0 heterocycles. The number of esters is 2. The number of halogens is 1. The molecule has 2 rings (SSSR count). The lowest BCUT2D eigenvalue weighted by Gasteiger charge is -2.05. The summed E-state index contributed by atoms with van der Waals surface area (Å²) in [5.74, 6) is -0.981. The van der Waals surface area contributed by atoms with E-state index in [9.17, 15) is 9.59 Å². The first-order chi connectivity index (χ1) is 10.2. The molecular weight excluding hydrogens is 292 g/mol. The second-order valence-electron chi connectivity index (χ2n) is 4.18. The Hall–Kier alpha value is -2.33. The van der Waals surface area contributed by atoms with Gasteiger partial charge in [-0.3, -0.25) is 0 Å². The molecule has 0 aliphatic heterocycles. The molecule has 4 nitrogen and oxygen atoms in total. The second-order valence-corrected chi connectivity index (χ2v) is 4.40. The van der Waals surface area contributed by atoms with E-state index in [-0.39, 0.29) is 12.7 Å². The summed E-state index contributed by atoms with van der Waals surface area (Å²) in [5.41, 5.74) is 1.61. The van der Waals surface area contributed by atoms with Crippen LogP contribution in [0.3, 0.4) is 0 Å². The van der Waals surface area contributed by atoms with Crippen LogP contribution in [-0.4, -0.2) is 18.0 Å². The van der Waals surface area contributed by atoms with Crippen LogP contribution in [0.15, 0.2) is 54.6 Å². The van der Waals surface area contributed by atoms with E-state index in [1.165, 1.54) is 24.3 Å². The molecule has 0 aromatic heterocycles. The third-order valence-corrected chi connectivity index (χ3v) is 2.86. The van der Waals surface area contributed by atoms with Crippen molar-refractivity contribution in [1.82, 2.24) is 0 Å². The monoisotopic (exact) mass is 304 g/mol. The number of alkyl halides is 1. The lowest BCUT2D eigenvalue weighted by Crippen LogP contribution is -2.07. The van der Waals surface area contributed by atoms with Gasteiger partial charge in [-0.25, -0.2) is 9.59 Å². The molecule has 0 N–H and O–H groups in total. The third-order valence-electron chi connectivity index (χ3n) is 2.75. The van der Waals surface area contributed by atoms with Crippen LogP contribution in [0.1, 0.15) is 26.3 Å². The Morgan fingerprint density at radius 1 is 0.810 bits per heavy atom. The van der Waals surface area contributed by atoms with Crippen LogP contribution in [0.5, 0.6) is 0 Å². The summed E-state index contributed by atoms with van der Waals surface area (Å²) in [7, 11) is 0. The maximum absolute atomic E-state index is 11.9. The first kappa shape index (κ1) is 15.1. The van der Waals surface area contributed by atoms with Crippen molar-refractivity contribution in [2.75, 3.05) is 6.07 Å². The molecule has 0 spiro atoms. The van der Waals surface area contributed by atoms with Crippen molar-refractivity contribution in [2.24, 2.45) is 0 Å². The Morgan fingerprint density at radius 2 is 1.33 bits per heavy atom. The lowest BCUT2D eigenvalue weighted by molar-refractivity contribution is 0.0471. The maximum atomic E-state index is 11.9. The van der Waals surface area contributed by atoms with Gasteiger partial charge in [0.15, 0.2) is 6.07 Å². The van der Waals surface area contributed by atoms with Crippen LogP contribution in [-0.2, 0) is 16.1 Å². The lowest BCUT2D eigenvalue weighted by atomic mass is 10.1. The Labute approximate surface area is 127 Å². The van der Waals surface area contributed by atoms with Gasteiger partial charge in [0.05, 0.1) is 11.1 Å². The number of hydrogen-bond acceptors (Lipinski definition) is 4. The minimum Gasteiger partial charge on any atom is -0.457 e. The predicted molar refractivity (Wildman–Crippen MR) is 78.1 cm³/mol. The molecule has 0 aliphatic rings. The van der Waals surface area contributed by atoms with Gasteiger partial charge in [-0.05, 0) is 29.8 Å². The van der Waals surface area contributed by atoms with E-state index in [0.29, 0.717) is 11.1 Å². The summed E-state index contributed by atoms with van der Waals surface area (Å²) < 4.78 is 9.83. The summed E-state index contributed by atoms with van der Waals surface area (Å²) in [4.78, 5) is 23.3. The Kier molecular flexibility index (Phi) is 5.35. The molecule has 21 heavy (non-hydrogen) atoms. The zero-order chi connectivity index (χ0) is 15.1. The van der Waals surface area contributed by atoms with Crippen molar-refractivity contribution < 1.29 is 19.1 Å². The van der Waals surface area contributed by atoms with Crippen LogP contribution >= 0.6 is 11.6 Å². The van der Waals surface area contributed by atoms with Gasteiger partial charge in [0.1, 0.15) is 6.61 Å². The van der Waals surface area contributed by atoms with Gasteiger partial charge in [-0.15, -0.1) is 0 Å². The Morgan fingerprint density at radius 3 is 1.86 bits per heavy atom. The van der Waals surface area contributed by atoms with Gasteiger partial charge in [0, 0.05) is 0 Å². The van der Waals surface area contributed by atoms with Crippen molar-refractivity contribution in [2.45, 2.75) is 6.61 Å². The zero-order valence-electron chi connectivity index (χ0n) is 11.1. The topological polar surface area (TPSA) is 52.6 Å². The quantitative estimate of drug-likeness (QED) is 0.627. The highest BCUT2D eigenvalue weighted by atomic mass is 35.5. The molecule has 0 atom stereocenters. The largest absolute Gasteiger partial charge is 0.457 e. The van der Waals surface area contributed by atoms with Crippen molar-refractivity contribution in [3.8, 4) is 0 Å². The third kappa shape index (κ3) is 4.33. The second kappa shape index (κ2) is 7.45. The highest BCUT2D eigenvalue weighted by molar-refractivity contribution is 6.17. The average molecular weight is 305 g/mol. The number of hydrogen-bond donors (Lipinski definition) is 0. The molecule has 0 fully saturated rings. The van der Waals surface area contributed by atoms with Gasteiger partial charge in [0.2, 0.25) is 0 Å². The summed E-state index contributed by atoms with van der Waals surface area (Å²) in [6, 6.07) is 15.2. The van der Waals surface area contributed by atoms with Crippen LogP contribution < -0.4 is 0 Å². The Balaban J connectivity index is 1.95. The molecule has 0 saturated heterocycles. The highest BCUT2D eigenvalue weighted by Crippen LogP contribution is 2.09. The number of ether oxygens (including phenoxy) is 2. The van der Waals surface area contributed by atoms with Gasteiger partial charge in [-0.1, -0.05) is 41.9 Å². The standard InChI is InChI=1S/C16H13ClO4/c17-11-21-16(19)14-8-6-13(7-9-14)15(18)20-10-12-4-2-1-3-5-12/h1-9H,10-11H2. The van der Waals surface area contributed by atoms with Crippen molar-refractivity contribution in [1.29, 1.82) is 0 Å². The minimum atomic E-state index is -0.533. The van der Waals surface area contributed by atoms with E-state index in [1.54, 1.807) is 0 Å². The minimum absolute atomic E-state index is 0.204. The van der Waals surface area contributed by atoms with Gasteiger partial charge < -0.3 is 9.47 Å². The fourth-order valence-corrected chi connectivity index (χ4v) is 1.78. The van der Waals surface area contributed by atoms with Crippen LogP contribution in [0.25, 0.3) is 0 Å². The smallest absolute Gasteiger partial charge is 0.339 e. The summed E-state index contributed by atoms with van der Waals surface area (Å²) in [6.07, 6.45) is 0. The van der Waals surface area contributed by atoms with Crippen LogP contribution in [0, 0.1) is 0 Å². The summed E-state index contributed by atoms with van der Waals surface area (Å²) >= 11 is 5.31.